The second kappa shape index (κ2) is 8.37. The molecule has 4 rings (SSSR count). The van der Waals surface area contributed by atoms with Gasteiger partial charge in [-0.25, -0.2) is 4.68 Å². The number of hydrogen-bond acceptors (Lipinski definition) is 4. The predicted octanol–water partition coefficient (Wildman–Crippen LogP) is 1.89. The molecule has 0 aliphatic carbocycles. The molecule has 1 saturated heterocycles. The van der Waals surface area contributed by atoms with Crippen LogP contribution in [0, 0.1) is 0 Å². The molecule has 0 atom stereocenters. The van der Waals surface area contributed by atoms with Gasteiger partial charge in [0, 0.05) is 30.7 Å². The summed E-state index contributed by atoms with van der Waals surface area (Å²) >= 11 is 0. The number of carbonyl (C=O) groups excluding carboxylic acids is 1. The number of para-hydroxylation sites is 1. The number of piperidine rings is 1. The van der Waals surface area contributed by atoms with Gasteiger partial charge in [0.05, 0.1) is 11.9 Å². The van der Waals surface area contributed by atoms with Crippen LogP contribution in [-0.4, -0.2) is 38.6 Å². The van der Waals surface area contributed by atoms with Gasteiger partial charge in [-0.15, -0.1) is 12.4 Å². The third-order valence-corrected chi connectivity index (χ3v) is 4.91. The first kappa shape index (κ1) is 19.1. The first-order valence-corrected chi connectivity index (χ1v) is 8.86. The zero-order valence-corrected chi connectivity index (χ0v) is 15.7. The zero-order valence-electron chi connectivity index (χ0n) is 14.9. The van der Waals surface area contributed by atoms with Crippen LogP contribution in [0.15, 0.2) is 61.2 Å². The molecule has 3 heterocycles. The average Bonchev–Trinajstić information content (AvgIpc) is 3.39. The molecule has 1 aromatic carbocycles. The monoisotopic (exact) mass is 386 g/mol. The summed E-state index contributed by atoms with van der Waals surface area (Å²) in [5.41, 5.74) is 1.34. The van der Waals surface area contributed by atoms with Crippen molar-refractivity contribution >= 4 is 18.3 Å². The lowest BCUT2D eigenvalue weighted by atomic mass is 9.87. The van der Waals surface area contributed by atoms with Crippen LogP contribution in [-0.2, 0) is 16.9 Å². The molecular formula is C19H23ClN6O. The number of rotatable bonds is 5. The van der Waals surface area contributed by atoms with Gasteiger partial charge >= 0.3 is 0 Å². The van der Waals surface area contributed by atoms with Gasteiger partial charge in [-0.2, -0.15) is 10.2 Å². The number of benzene rings is 1. The minimum atomic E-state index is -0.621. The quantitative estimate of drug-likeness (QED) is 0.702. The van der Waals surface area contributed by atoms with Crippen molar-refractivity contribution in [3.8, 4) is 5.69 Å². The van der Waals surface area contributed by atoms with Gasteiger partial charge in [0.2, 0.25) is 5.91 Å². The smallest absolute Gasteiger partial charge is 0.248 e. The zero-order chi connectivity index (χ0) is 17.8. The van der Waals surface area contributed by atoms with Gasteiger partial charge in [-0.1, -0.05) is 18.2 Å². The fourth-order valence-corrected chi connectivity index (χ4v) is 3.44. The summed E-state index contributed by atoms with van der Waals surface area (Å²) in [6.45, 7) is 2.06. The summed E-state index contributed by atoms with van der Waals surface area (Å²) < 4.78 is 3.62. The Kier molecular flexibility index (Phi) is 5.93. The molecule has 2 aromatic heterocycles. The number of aromatic nitrogens is 4. The highest BCUT2D eigenvalue weighted by Gasteiger charge is 2.41. The maximum absolute atomic E-state index is 13.0. The van der Waals surface area contributed by atoms with E-state index in [0.29, 0.717) is 6.54 Å². The second-order valence-corrected chi connectivity index (χ2v) is 6.54. The Balaban J connectivity index is 0.00000210. The van der Waals surface area contributed by atoms with Crippen LogP contribution >= 0.6 is 12.4 Å². The predicted molar refractivity (Wildman–Crippen MR) is 105 cm³/mol. The average molecular weight is 387 g/mol. The minimum Gasteiger partial charge on any atom is -0.350 e. The summed E-state index contributed by atoms with van der Waals surface area (Å²) in [6, 6.07) is 11.8. The topological polar surface area (TPSA) is 76.8 Å². The van der Waals surface area contributed by atoms with Crippen molar-refractivity contribution in [2.45, 2.75) is 24.9 Å². The Hall–Kier alpha value is -2.64. The molecule has 0 radical (unpaired) electrons. The van der Waals surface area contributed by atoms with Crippen molar-refractivity contribution in [3.63, 3.8) is 0 Å². The molecule has 142 valence electrons. The molecule has 0 spiro atoms. The first-order valence-electron chi connectivity index (χ1n) is 8.86. The van der Waals surface area contributed by atoms with Crippen molar-refractivity contribution in [2.75, 3.05) is 13.1 Å². The molecule has 27 heavy (non-hydrogen) atoms. The number of hydrogen-bond donors (Lipinski definition) is 2. The molecule has 1 amide bonds. The number of carbonyl (C=O) groups is 1. The fourth-order valence-electron chi connectivity index (χ4n) is 3.44. The Labute approximate surface area is 164 Å². The second-order valence-electron chi connectivity index (χ2n) is 6.54. The molecular weight excluding hydrogens is 364 g/mol. The molecule has 3 aromatic rings. The molecule has 8 heteroatoms. The lowest BCUT2D eigenvalue weighted by Crippen LogP contribution is -2.54. The number of amides is 1. The van der Waals surface area contributed by atoms with Crippen molar-refractivity contribution < 1.29 is 4.79 Å². The van der Waals surface area contributed by atoms with Gasteiger partial charge in [0.15, 0.2) is 0 Å². The lowest BCUT2D eigenvalue weighted by Gasteiger charge is -2.36. The molecule has 1 aliphatic heterocycles. The maximum Gasteiger partial charge on any atom is 0.248 e. The summed E-state index contributed by atoms with van der Waals surface area (Å²) in [5, 5.41) is 15.1. The molecule has 2 N–H and O–H groups in total. The standard InChI is InChI=1S/C19H22N6O.ClH/c26-18(19(7-10-20-11-8-19)25-12-4-9-22-25)21-13-16-14-23-24(15-16)17-5-2-1-3-6-17;/h1-6,9,12,14-15,20H,7-8,10-11,13H2,(H,21,26);1H. The molecule has 0 bridgehead atoms. The maximum atomic E-state index is 13.0. The SMILES string of the molecule is Cl.O=C(NCc1cnn(-c2ccccc2)c1)C1(n2cccn2)CCNCC1. The van der Waals surface area contributed by atoms with Gasteiger partial charge in [0.1, 0.15) is 5.54 Å². The van der Waals surface area contributed by atoms with E-state index in [0.717, 1.165) is 37.2 Å². The van der Waals surface area contributed by atoms with E-state index < -0.39 is 5.54 Å². The van der Waals surface area contributed by atoms with Crippen molar-refractivity contribution in [3.05, 3.63) is 66.7 Å². The summed E-state index contributed by atoms with van der Waals surface area (Å²) in [7, 11) is 0. The van der Waals surface area contributed by atoms with Gasteiger partial charge < -0.3 is 10.6 Å². The van der Waals surface area contributed by atoms with Crippen LogP contribution in [0.5, 0.6) is 0 Å². The van der Waals surface area contributed by atoms with E-state index in [1.807, 2.05) is 53.5 Å². The van der Waals surface area contributed by atoms with E-state index >= 15 is 0 Å². The number of nitrogens with zero attached hydrogens (tertiary/aromatic N) is 4. The minimum absolute atomic E-state index is 0. The number of nitrogens with one attached hydrogen (secondary N) is 2. The Morgan fingerprint density at radius 1 is 1.15 bits per heavy atom. The van der Waals surface area contributed by atoms with Crippen LogP contribution in [0.4, 0.5) is 0 Å². The molecule has 0 unspecified atom stereocenters. The lowest BCUT2D eigenvalue weighted by molar-refractivity contribution is -0.132. The van der Waals surface area contributed by atoms with Crippen LogP contribution in [0.25, 0.3) is 5.69 Å². The van der Waals surface area contributed by atoms with Crippen LogP contribution in [0.3, 0.4) is 0 Å². The Bertz CT molecular complexity index is 855. The Morgan fingerprint density at radius 3 is 2.63 bits per heavy atom. The highest BCUT2D eigenvalue weighted by Crippen LogP contribution is 2.27. The third kappa shape index (κ3) is 3.89. The van der Waals surface area contributed by atoms with Crippen molar-refractivity contribution in [1.82, 2.24) is 30.2 Å². The summed E-state index contributed by atoms with van der Waals surface area (Å²) in [4.78, 5) is 13.0. The highest BCUT2D eigenvalue weighted by atomic mass is 35.5. The van der Waals surface area contributed by atoms with E-state index in [1.165, 1.54) is 0 Å². The van der Waals surface area contributed by atoms with E-state index in [1.54, 1.807) is 17.1 Å². The first-order chi connectivity index (χ1) is 12.8. The highest BCUT2D eigenvalue weighted by molar-refractivity contribution is 5.85. The van der Waals surface area contributed by atoms with Crippen molar-refractivity contribution in [2.24, 2.45) is 0 Å². The van der Waals surface area contributed by atoms with Gasteiger partial charge in [-0.05, 0) is 44.1 Å². The van der Waals surface area contributed by atoms with E-state index in [2.05, 4.69) is 20.8 Å². The molecule has 7 nitrogen and oxygen atoms in total. The molecule has 0 saturated carbocycles. The van der Waals surface area contributed by atoms with E-state index in [9.17, 15) is 4.79 Å². The van der Waals surface area contributed by atoms with Gasteiger partial charge in [-0.3, -0.25) is 9.48 Å². The van der Waals surface area contributed by atoms with E-state index in [-0.39, 0.29) is 18.3 Å². The third-order valence-electron chi connectivity index (χ3n) is 4.91. The molecule has 1 aliphatic rings. The van der Waals surface area contributed by atoms with E-state index in [4.69, 9.17) is 0 Å². The largest absolute Gasteiger partial charge is 0.350 e. The van der Waals surface area contributed by atoms with Crippen LogP contribution < -0.4 is 10.6 Å². The number of halogens is 1. The fraction of sp³-hybridized carbons (Fsp3) is 0.316. The normalized spacial score (nSPS) is 15.7. The van der Waals surface area contributed by atoms with Crippen LogP contribution in [0.2, 0.25) is 0 Å². The Morgan fingerprint density at radius 2 is 1.93 bits per heavy atom. The van der Waals surface area contributed by atoms with Crippen molar-refractivity contribution in [1.29, 1.82) is 0 Å². The summed E-state index contributed by atoms with van der Waals surface area (Å²) in [6.07, 6.45) is 8.78. The molecule has 1 fully saturated rings. The van der Waals surface area contributed by atoms with Gasteiger partial charge in [0.25, 0.3) is 0 Å². The summed E-state index contributed by atoms with van der Waals surface area (Å²) in [5.74, 6) is 0.00941. The van der Waals surface area contributed by atoms with Crippen LogP contribution in [0.1, 0.15) is 18.4 Å².